The number of carbonyl (C=O) groups excluding carboxylic acids is 2. The third-order valence-corrected chi connectivity index (χ3v) is 6.83. The lowest BCUT2D eigenvalue weighted by Gasteiger charge is -2.32. The van der Waals surface area contributed by atoms with Crippen molar-refractivity contribution < 1.29 is 9.59 Å². The summed E-state index contributed by atoms with van der Waals surface area (Å²) in [7, 11) is 0. The fraction of sp³-hybridized carbons (Fsp3) is 0.286. The Bertz CT molecular complexity index is 1150. The third kappa shape index (κ3) is 7.99. The number of hydrogen-bond donors (Lipinski definition) is 1. The molecule has 0 aliphatic carbocycles. The fourth-order valence-corrected chi connectivity index (χ4v) is 4.29. The van der Waals surface area contributed by atoms with E-state index in [2.05, 4.69) is 5.32 Å². The van der Waals surface area contributed by atoms with Gasteiger partial charge in [0.05, 0.1) is 16.5 Å². The minimum Gasteiger partial charge on any atom is -0.352 e. The molecule has 0 radical (unpaired) electrons. The van der Waals surface area contributed by atoms with Crippen LogP contribution in [0.15, 0.2) is 72.8 Å². The van der Waals surface area contributed by atoms with Gasteiger partial charge in [-0.2, -0.15) is 0 Å². The summed E-state index contributed by atoms with van der Waals surface area (Å²) < 4.78 is 0. The first-order valence-corrected chi connectivity index (χ1v) is 12.7. The fourth-order valence-electron chi connectivity index (χ4n) is 3.75. The Kier molecular flexibility index (Phi) is 10.0. The zero-order valence-corrected chi connectivity index (χ0v) is 22.1. The molecule has 7 heteroatoms. The second-order valence-electron chi connectivity index (χ2n) is 8.60. The lowest BCUT2D eigenvalue weighted by Crippen LogP contribution is -2.52. The third-order valence-electron chi connectivity index (χ3n) is 5.85. The van der Waals surface area contributed by atoms with Crippen molar-refractivity contribution in [2.75, 3.05) is 0 Å². The van der Waals surface area contributed by atoms with E-state index in [4.69, 9.17) is 34.8 Å². The number of amides is 2. The lowest BCUT2D eigenvalue weighted by atomic mass is 10.0. The van der Waals surface area contributed by atoms with E-state index in [1.165, 1.54) is 0 Å². The van der Waals surface area contributed by atoms with E-state index >= 15 is 0 Å². The average Bonchev–Trinajstić information content (AvgIpc) is 2.84. The highest BCUT2D eigenvalue weighted by atomic mass is 35.5. The Morgan fingerprint density at radius 1 is 0.857 bits per heavy atom. The van der Waals surface area contributed by atoms with Gasteiger partial charge in [0.2, 0.25) is 11.8 Å². The minimum absolute atomic E-state index is 0.0148. The van der Waals surface area contributed by atoms with Crippen molar-refractivity contribution in [3.63, 3.8) is 0 Å². The highest BCUT2D eigenvalue weighted by molar-refractivity contribution is 6.42. The van der Waals surface area contributed by atoms with Gasteiger partial charge < -0.3 is 10.2 Å². The smallest absolute Gasteiger partial charge is 0.243 e. The van der Waals surface area contributed by atoms with Gasteiger partial charge in [-0.25, -0.2) is 0 Å². The highest BCUT2D eigenvalue weighted by Gasteiger charge is 2.31. The Hall–Kier alpha value is -2.53. The van der Waals surface area contributed by atoms with Gasteiger partial charge in [0, 0.05) is 24.0 Å². The molecule has 0 aliphatic rings. The quantitative estimate of drug-likeness (QED) is 0.315. The molecule has 0 saturated carbocycles. The van der Waals surface area contributed by atoms with E-state index in [0.717, 1.165) is 23.1 Å². The molecule has 1 N–H and O–H groups in total. The molecule has 4 nitrogen and oxygen atoms in total. The van der Waals surface area contributed by atoms with Crippen molar-refractivity contribution >= 4 is 46.6 Å². The Labute approximate surface area is 222 Å². The highest BCUT2D eigenvalue weighted by Crippen LogP contribution is 2.24. The summed E-state index contributed by atoms with van der Waals surface area (Å²) in [6.07, 6.45) is 1.26. The normalized spacial score (nSPS) is 12.6. The van der Waals surface area contributed by atoms with Crippen LogP contribution in [0, 0.1) is 0 Å². The van der Waals surface area contributed by atoms with E-state index < -0.39 is 6.04 Å². The maximum Gasteiger partial charge on any atom is 0.243 e. The second kappa shape index (κ2) is 13.0. The molecular formula is C28H29Cl3N2O2. The van der Waals surface area contributed by atoms with Crippen molar-refractivity contribution in [3.05, 3.63) is 105 Å². The van der Waals surface area contributed by atoms with Gasteiger partial charge in [0.25, 0.3) is 0 Å². The summed E-state index contributed by atoms with van der Waals surface area (Å²) in [5.74, 6) is -0.378. The number of carbonyl (C=O) groups is 2. The number of hydrogen-bond acceptors (Lipinski definition) is 2. The molecule has 3 rings (SSSR count). The van der Waals surface area contributed by atoms with Crippen LogP contribution in [0.4, 0.5) is 0 Å². The van der Waals surface area contributed by atoms with Crippen LogP contribution in [-0.4, -0.2) is 28.8 Å². The Morgan fingerprint density at radius 3 is 2.23 bits per heavy atom. The zero-order chi connectivity index (χ0) is 25.4. The number of halogens is 3. The summed E-state index contributed by atoms with van der Waals surface area (Å²) in [5.41, 5.74) is 2.53. The molecule has 2 atom stereocenters. The topological polar surface area (TPSA) is 49.4 Å². The average molecular weight is 532 g/mol. The summed E-state index contributed by atoms with van der Waals surface area (Å²) in [6, 6.07) is 21.4. The minimum atomic E-state index is -0.708. The molecule has 2 amide bonds. The molecule has 35 heavy (non-hydrogen) atoms. The lowest BCUT2D eigenvalue weighted by molar-refractivity contribution is -0.141. The molecule has 3 aromatic rings. The van der Waals surface area contributed by atoms with Crippen LogP contribution >= 0.6 is 34.8 Å². The summed E-state index contributed by atoms with van der Waals surface area (Å²) >= 11 is 18.5. The number of nitrogens with zero attached hydrogens (tertiary/aromatic N) is 1. The first kappa shape index (κ1) is 27.1. The molecule has 3 aromatic carbocycles. The monoisotopic (exact) mass is 530 g/mol. The van der Waals surface area contributed by atoms with E-state index in [1.807, 2.05) is 62.4 Å². The van der Waals surface area contributed by atoms with Gasteiger partial charge in [-0.1, -0.05) is 90.3 Å². The van der Waals surface area contributed by atoms with Crippen LogP contribution in [0.25, 0.3) is 0 Å². The van der Waals surface area contributed by atoms with Crippen LogP contribution in [0.5, 0.6) is 0 Å². The van der Waals surface area contributed by atoms with E-state index in [9.17, 15) is 9.59 Å². The summed E-state index contributed by atoms with van der Waals surface area (Å²) in [5, 5.41) is 4.45. The van der Waals surface area contributed by atoms with Crippen molar-refractivity contribution in [2.45, 2.75) is 51.7 Å². The molecule has 0 heterocycles. The van der Waals surface area contributed by atoms with E-state index in [1.54, 1.807) is 29.2 Å². The molecular weight excluding hydrogens is 503 g/mol. The molecule has 0 aliphatic heterocycles. The van der Waals surface area contributed by atoms with E-state index in [-0.39, 0.29) is 30.8 Å². The molecule has 0 saturated heterocycles. The first-order valence-electron chi connectivity index (χ1n) is 11.6. The van der Waals surface area contributed by atoms with Crippen molar-refractivity contribution in [1.29, 1.82) is 0 Å². The second-order valence-corrected chi connectivity index (χ2v) is 9.85. The Balaban J connectivity index is 1.98. The number of nitrogens with one attached hydrogen (secondary N) is 1. The van der Waals surface area contributed by atoms with Gasteiger partial charge in [-0.3, -0.25) is 9.59 Å². The molecule has 0 aromatic heterocycles. The van der Waals surface area contributed by atoms with Crippen LogP contribution in [0.2, 0.25) is 15.1 Å². The van der Waals surface area contributed by atoms with Gasteiger partial charge in [0.1, 0.15) is 6.04 Å². The largest absolute Gasteiger partial charge is 0.352 e. The maximum atomic E-state index is 13.7. The standard InChI is InChI=1S/C28H29Cl3N2O2/c1-3-19(2)32-28(35)26(16-20-8-5-4-6-9-20)33(18-22-10-7-11-23(29)14-22)27(34)17-21-12-13-24(30)25(31)15-21/h4-15,19,26H,3,16-18H2,1-2H3,(H,32,35)/t19-,26-/m1/s1. The van der Waals surface area contributed by atoms with Crippen molar-refractivity contribution in [2.24, 2.45) is 0 Å². The molecule has 0 unspecified atom stereocenters. The zero-order valence-electron chi connectivity index (χ0n) is 19.8. The summed E-state index contributed by atoms with van der Waals surface area (Å²) in [4.78, 5) is 28.9. The predicted molar refractivity (Wildman–Crippen MR) is 144 cm³/mol. The van der Waals surface area contributed by atoms with Gasteiger partial charge in [-0.05, 0) is 54.3 Å². The molecule has 0 bridgehead atoms. The van der Waals surface area contributed by atoms with Gasteiger partial charge in [-0.15, -0.1) is 0 Å². The van der Waals surface area contributed by atoms with Crippen LogP contribution < -0.4 is 5.32 Å². The van der Waals surface area contributed by atoms with Crippen molar-refractivity contribution in [3.8, 4) is 0 Å². The summed E-state index contributed by atoms with van der Waals surface area (Å²) in [6.45, 7) is 4.21. The van der Waals surface area contributed by atoms with E-state index in [0.29, 0.717) is 21.5 Å². The van der Waals surface area contributed by atoms with Crippen molar-refractivity contribution in [1.82, 2.24) is 10.2 Å². The molecule has 184 valence electrons. The van der Waals surface area contributed by atoms with Crippen LogP contribution in [-0.2, 0) is 29.0 Å². The van der Waals surface area contributed by atoms with Crippen LogP contribution in [0.3, 0.4) is 0 Å². The molecule has 0 spiro atoms. The number of rotatable bonds is 10. The molecule has 0 fully saturated rings. The predicted octanol–water partition coefficient (Wildman–Crippen LogP) is 6.74. The SMILES string of the molecule is CC[C@@H](C)NC(=O)[C@@H](Cc1ccccc1)N(Cc1cccc(Cl)c1)C(=O)Cc1ccc(Cl)c(Cl)c1. The van der Waals surface area contributed by atoms with Gasteiger partial charge >= 0.3 is 0 Å². The maximum absolute atomic E-state index is 13.7. The van der Waals surface area contributed by atoms with Crippen LogP contribution in [0.1, 0.15) is 37.0 Å². The van der Waals surface area contributed by atoms with Gasteiger partial charge in [0.15, 0.2) is 0 Å². The first-order chi connectivity index (χ1) is 16.8. The number of benzene rings is 3. The Morgan fingerprint density at radius 2 is 1.57 bits per heavy atom.